The number of carbonyl (C=O) groups excluding carboxylic acids is 1. The lowest BCUT2D eigenvalue weighted by Crippen LogP contribution is -2.17. The standard InChI is InChI=1S/C28H25N3O10S/c29-41-39-22-11-12-25(28(33)34)26(15-22)27(32)30-20-7-4-10-24(14-20)42(36)40-23-9-3-8-21(13-23)31-37-16-18-5-1-2-6-19(18)17-38-35/h1-15,31,35H,16-17,29H2,(H,30,32)(H,33,34). The largest absolute Gasteiger partial charge is 0.478 e. The summed E-state index contributed by atoms with van der Waals surface area (Å²) < 4.78 is 18.6. The monoisotopic (exact) mass is 595 g/mol. The Morgan fingerprint density at radius 3 is 2.29 bits per heavy atom. The van der Waals surface area contributed by atoms with E-state index in [1.54, 1.807) is 42.5 Å². The van der Waals surface area contributed by atoms with Gasteiger partial charge in [-0.25, -0.2) is 13.9 Å². The van der Waals surface area contributed by atoms with Crippen LogP contribution in [0.3, 0.4) is 0 Å². The summed E-state index contributed by atoms with van der Waals surface area (Å²) in [6.07, 6.45) is 0. The zero-order valence-electron chi connectivity index (χ0n) is 21.7. The van der Waals surface area contributed by atoms with Crippen molar-refractivity contribution in [2.24, 2.45) is 5.90 Å². The summed E-state index contributed by atoms with van der Waals surface area (Å²) in [5.41, 5.74) is 4.64. The molecular weight excluding hydrogens is 570 g/mol. The Balaban J connectivity index is 1.39. The van der Waals surface area contributed by atoms with Crippen molar-refractivity contribution >= 4 is 34.3 Å². The maximum Gasteiger partial charge on any atom is 0.336 e. The summed E-state index contributed by atoms with van der Waals surface area (Å²) in [5.74, 6) is 3.07. The highest BCUT2D eigenvalue weighted by Crippen LogP contribution is 2.24. The molecule has 13 nitrogen and oxygen atoms in total. The molecule has 0 aliphatic carbocycles. The molecule has 0 heterocycles. The Kier molecular flexibility index (Phi) is 10.5. The molecule has 0 saturated carbocycles. The van der Waals surface area contributed by atoms with Gasteiger partial charge < -0.3 is 19.5 Å². The molecule has 4 aromatic rings. The third kappa shape index (κ3) is 8.11. The Morgan fingerprint density at radius 1 is 0.810 bits per heavy atom. The number of amides is 1. The molecule has 0 spiro atoms. The van der Waals surface area contributed by atoms with Gasteiger partial charge in [-0.05, 0) is 59.7 Å². The van der Waals surface area contributed by atoms with E-state index in [-0.39, 0.29) is 46.4 Å². The van der Waals surface area contributed by atoms with Crippen molar-refractivity contribution in [2.75, 3.05) is 10.8 Å². The number of rotatable bonds is 14. The van der Waals surface area contributed by atoms with Crippen LogP contribution in [0.4, 0.5) is 11.4 Å². The number of carboxylic acid groups (broad SMARTS) is 1. The number of hydrogen-bond donors (Lipinski definition) is 5. The maximum atomic E-state index is 13.0. The Hall–Kier alpha value is -4.83. The van der Waals surface area contributed by atoms with Gasteiger partial charge in [-0.1, -0.05) is 41.4 Å². The zero-order valence-corrected chi connectivity index (χ0v) is 22.5. The van der Waals surface area contributed by atoms with Gasteiger partial charge in [-0.2, -0.15) is 5.90 Å². The van der Waals surface area contributed by atoms with Crippen molar-refractivity contribution in [1.82, 2.24) is 0 Å². The Bertz CT molecular complexity index is 1580. The summed E-state index contributed by atoms with van der Waals surface area (Å²) in [6.45, 7) is 0.205. The van der Waals surface area contributed by atoms with Gasteiger partial charge >= 0.3 is 5.97 Å². The van der Waals surface area contributed by atoms with Gasteiger partial charge in [0.2, 0.25) is 11.1 Å². The molecule has 0 bridgehead atoms. The van der Waals surface area contributed by atoms with Crippen LogP contribution in [-0.2, 0) is 39.0 Å². The predicted molar refractivity (Wildman–Crippen MR) is 149 cm³/mol. The van der Waals surface area contributed by atoms with Crippen LogP contribution in [0, 0.1) is 0 Å². The van der Waals surface area contributed by atoms with Crippen molar-refractivity contribution in [3.05, 3.63) is 113 Å². The van der Waals surface area contributed by atoms with Crippen LogP contribution in [-0.4, -0.2) is 26.4 Å². The van der Waals surface area contributed by atoms with Crippen LogP contribution >= 0.6 is 0 Å². The fourth-order valence-electron chi connectivity index (χ4n) is 3.73. The first-order chi connectivity index (χ1) is 20.4. The first kappa shape index (κ1) is 30.1. The quantitative estimate of drug-likeness (QED) is 0.102. The molecule has 4 aromatic carbocycles. The maximum absolute atomic E-state index is 13.0. The summed E-state index contributed by atoms with van der Waals surface area (Å²) in [5, 5.41) is 20.8. The molecular formula is C28H25N3O10S. The molecule has 1 unspecified atom stereocenters. The lowest BCUT2D eigenvalue weighted by Gasteiger charge is -2.12. The highest BCUT2D eigenvalue weighted by atomic mass is 32.2. The number of nitrogens with one attached hydrogen (secondary N) is 2. The second-order valence-corrected chi connectivity index (χ2v) is 9.56. The molecule has 0 aliphatic heterocycles. The molecule has 4 rings (SSSR count). The summed E-state index contributed by atoms with van der Waals surface area (Å²) in [6, 6.07) is 23.5. The molecule has 6 N–H and O–H groups in total. The van der Waals surface area contributed by atoms with Crippen LogP contribution in [0.2, 0.25) is 0 Å². The van der Waals surface area contributed by atoms with Crippen LogP contribution in [0.25, 0.3) is 0 Å². The molecule has 0 aliphatic rings. The number of aromatic carboxylic acids is 1. The third-order valence-corrected chi connectivity index (χ3v) is 6.64. The van der Waals surface area contributed by atoms with Gasteiger partial charge in [0.25, 0.3) is 5.91 Å². The van der Waals surface area contributed by atoms with Crippen LogP contribution in [0.15, 0.2) is 95.9 Å². The van der Waals surface area contributed by atoms with E-state index < -0.39 is 23.0 Å². The fourth-order valence-corrected chi connectivity index (χ4v) is 4.52. The molecule has 0 aromatic heterocycles. The van der Waals surface area contributed by atoms with Crippen LogP contribution < -0.4 is 25.8 Å². The van der Waals surface area contributed by atoms with Crippen molar-refractivity contribution in [3.8, 4) is 11.5 Å². The van der Waals surface area contributed by atoms with Gasteiger partial charge in [0.15, 0.2) is 5.75 Å². The van der Waals surface area contributed by atoms with Crippen LogP contribution in [0.5, 0.6) is 11.5 Å². The Morgan fingerprint density at radius 2 is 1.55 bits per heavy atom. The second kappa shape index (κ2) is 14.7. The second-order valence-electron chi connectivity index (χ2n) is 8.45. The van der Waals surface area contributed by atoms with Gasteiger partial charge in [0, 0.05) is 11.8 Å². The molecule has 42 heavy (non-hydrogen) atoms. The van der Waals surface area contributed by atoms with E-state index in [9.17, 15) is 18.9 Å². The van der Waals surface area contributed by atoms with E-state index in [1.165, 1.54) is 24.3 Å². The average molecular weight is 596 g/mol. The minimum atomic E-state index is -1.97. The number of carbonyl (C=O) groups is 2. The normalized spacial score (nSPS) is 11.4. The molecule has 14 heteroatoms. The number of benzene rings is 4. The number of nitrogens with two attached hydrogens (primary N) is 1. The van der Waals surface area contributed by atoms with Gasteiger partial charge in [-0.15, -0.1) is 0 Å². The van der Waals surface area contributed by atoms with Crippen molar-refractivity contribution < 1.29 is 47.9 Å². The molecule has 0 saturated heterocycles. The number of anilines is 2. The van der Waals surface area contributed by atoms with Crippen molar-refractivity contribution in [3.63, 3.8) is 0 Å². The smallest absolute Gasteiger partial charge is 0.336 e. The topological polar surface area (TPSA) is 188 Å². The zero-order chi connectivity index (χ0) is 29.9. The van der Waals surface area contributed by atoms with Gasteiger partial charge in [-0.3, -0.25) is 20.4 Å². The molecule has 218 valence electrons. The van der Waals surface area contributed by atoms with E-state index in [2.05, 4.69) is 25.6 Å². The van der Waals surface area contributed by atoms with E-state index in [0.29, 0.717) is 5.69 Å². The van der Waals surface area contributed by atoms with Gasteiger partial charge in [0.05, 0.1) is 28.3 Å². The Labute approximate surface area is 241 Å². The van der Waals surface area contributed by atoms with E-state index >= 15 is 0 Å². The van der Waals surface area contributed by atoms with Crippen LogP contribution in [0.1, 0.15) is 31.8 Å². The minimum Gasteiger partial charge on any atom is -0.478 e. The van der Waals surface area contributed by atoms with E-state index in [1.807, 2.05) is 18.2 Å². The first-order valence-electron chi connectivity index (χ1n) is 12.1. The molecule has 1 amide bonds. The van der Waals surface area contributed by atoms with Crippen molar-refractivity contribution in [1.29, 1.82) is 0 Å². The number of carboxylic acids is 1. The van der Waals surface area contributed by atoms with Gasteiger partial charge in [0.1, 0.15) is 12.4 Å². The number of hydrogen-bond acceptors (Lipinski definition) is 11. The lowest BCUT2D eigenvalue weighted by molar-refractivity contribution is -0.253. The molecule has 0 fully saturated rings. The molecule has 1 atom stereocenters. The lowest BCUT2D eigenvalue weighted by atomic mass is 10.1. The van der Waals surface area contributed by atoms with E-state index in [4.69, 9.17) is 20.2 Å². The molecule has 0 radical (unpaired) electrons. The third-order valence-electron chi connectivity index (χ3n) is 5.66. The first-order valence-corrected chi connectivity index (χ1v) is 13.2. The highest BCUT2D eigenvalue weighted by Gasteiger charge is 2.19. The SMILES string of the molecule is NOOc1ccc(C(=O)O)c(C(=O)Nc2cccc(S(=O)Oc3cccc(NOCc4ccccc4COO)c3)c2)c1. The summed E-state index contributed by atoms with van der Waals surface area (Å²) in [4.78, 5) is 43.2. The average Bonchev–Trinajstić information content (AvgIpc) is 2.98. The highest BCUT2D eigenvalue weighted by molar-refractivity contribution is 7.80. The minimum absolute atomic E-state index is 0.0131. The summed E-state index contributed by atoms with van der Waals surface area (Å²) >= 11 is -1.97. The predicted octanol–water partition coefficient (Wildman–Crippen LogP) is 4.46. The van der Waals surface area contributed by atoms with Crippen molar-refractivity contribution in [2.45, 2.75) is 18.1 Å². The summed E-state index contributed by atoms with van der Waals surface area (Å²) in [7, 11) is 0. The van der Waals surface area contributed by atoms with E-state index in [0.717, 1.165) is 17.2 Å². The fraction of sp³-hybridized carbons (Fsp3) is 0.0714.